The Labute approximate surface area is 241 Å². The Kier molecular flexibility index (Phi) is 9.22. The summed E-state index contributed by atoms with van der Waals surface area (Å²) in [6, 6.07) is 11.8. The van der Waals surface area contributed by atoms with Crippen LogP contribution in [0.5, 0.6) is 5.75 Å². The minimum atomic E-state index is -0.713. The molecule has 2 aliphatic carbocycles. The fourth-order valence-electron chi connectivity index (χ4n) is 6.37. The van der Waals surface area contributed by atoms with Gasteiger partial charge in [-0.2, -0.15) is 0 Å². The maximum atomic E-state index is 13.8. The van der Waals surface area contributed by atoms with Crippen LogP contribution < -0.4 is 15.8 Å². The Hall–Kier alpha value is -3.46. The van der Waals surface area contributed by atoms with Gasteiger partial charge in [0.2, 0.25) is 5.91 Å². The van der Waals surface area contributed by atoms with E-state index in [0.717, 1.165) is 38.5 Å². The number of nitrogens with two attached hydrogens (primary N) is 1. The van der Waals surface area contributed by atoms with Crippen molar-refractivity contribution >= 4 is 17.7 Å². The van der Waals surface area contributed by atoms with Crippen molar-refractivity contribution in [2.24, 2.45) is 17.6 Å². The van der Waals surface area contributed by atoms with E-state index >= 15 is 0 Å². The third-order valence-corrected chi connectivity index (χ3v) is 8.98. The molecule has 220 valence electrons. The van der Waals surface area contributed by atoms with Gasteiger partial charge in [0.15, 0.2) is 0 Å². The molecule has 1 saturated heterocycles. The van der Waals surface area contributed by atoms with E-state index in [-0.39, 0.29) is 29.8 Å². The van der Waals surface area contributed by atoms with Gasteiger partial charge in [0.05, 0.1) is 7.11 Å². The maximum absolute atomic E-state index is 13.8. The number of ether oxygens (including phenoxy) is 1. The molecule has 2 aromatic carbocycles. The first-order valence-corrected chi connectivity index (χ1v) is 14.9. The molecule has 41 heavy (non-hydrogen) atoms. The molecule has 9 heteroatoms. The minimum absolute atomic E-state index is 0.0969. The molecule has 1 aliphatic heterocycles. The highest BCUT2D eigenvalue weighted by atomic mass is 19.1. The SMILES string of the molecule is COc1cccc(C(=O)N2CCC(N(C(=O)c3ccc(F)cc3)C3CC3)C[C@@H]2C(=O)NCC2CCC(CN)CC2)c1. The highest BCUT2D eigenvalue weighted by molar-refractivity contribution is 5.98. The Morgan fingerprint density at radius 1 is 0.951 bits per heavy atom. The lowest BCUT2D eigenvalue weighted by Gasteiger charge is -2.43. The van der Waals surface area contributed by atoms with Crippen LogP contribution in [0.25, 0.3) is 0 Å². The second-order valence-corrected chi connectivity index (χ2v) is 11.7. The standard InChI is InChI=1S/C32H41FN4O4/c1-41-28-4-2-3-24(17-28)31(39)36-16-15-27(37(26-13-14-26)32(40)23-9-11-25(33)12-10-23)18-29(36)30(38)35-20-22-7-5-21(19-34)6-8-22/h2-4,9-12,17,21-22,26-27,29H,5-8,13-16,18-20,34H2,1H3,(H,35,38)/t21?,22?,27?,29-/m1/s1. The van der Waals surface area contributed by atoms with Gasteiger partial charge in [-0.05, 0) is 112 Å². The summed E-state index contributed by atoms with van der Waals surface area (Å²) in [5.74, 6) is 0.573. The molecule has 3 aliphatic rings. The van der Waals surface area contributed by atoms with Crippen LogP contribution in [-0.4, -0.2) is 72.4 Å². The van der Waals surface area contributed by atoms with Crippen molar-refractivity contribution < 1.29 is 23.5 Å². The number of nitrogens with one attached hydrogen (secondary N) is 1. The first-order chi connectivity index (χ1) is 19.9. The number of benzene rings is 2. The summed E-state index contributed by atoms with van der Waals surface area (Å²) in [5, 5.41) is 3.15. The molecule has 0 bridgehead atoms. The number of amides is 3. The van der Waals surface area contributed by atoms with E-state index in [4.69, 9.17) is 10.5 Å². The van der Waals surface area contributed by atoms with E-state index in [1.165, 1.54) is 24.3 Å². The van der Waals surface area contributed by atoms with Crippen LogP contribution in [-0.2, 0) is 4.79 Å². The van der Waals surface area contributed by atoms with Gasteiger partial charge in [0.1, 0.15) is 17.6 Å². The number of carbonyl (C=O) groups excluding carboxylic acids is 3. The van der Waals surface area contributed by atoms with Gasteiger partial charge in [-0.15, -0.1) is 0 Å². The molecule has 3 fully saturated rings. The summed E-state index contributed by atoms with van der Waals surface area (Å²) in [4.78, 5) is 44.6. The number of halogens is 1. The van der Waals surface area contributed by atoms with Crippen molar-refractivity contribution in [1.82, 2.24) is 15.1 Å². The lowest BCUT2D eigenvalue weighted by Crippen LogP contribution is -2.58. The van der Waals surface area contributed by atoms with Gasteiger partial charge in [-0.25, -0.2) is 4.39 Å². The summed E-state index contributed by atoms with van der Waals surface area (Å²) >= 11 is 0. The zero-order chi connectivity index (χ0) is 28.9. The average molecular weight is 565 g/mol. The monoisotopic (exact) mass is 564 g/mol. The van der Waals surface area contributed by atoms with E-state index in [2.05, 4.69) is 5.32 Å². The van der Waals surface area contributed by atoms with E-state index in [9.17, 15) is 18.8 Å². The molecule has 0 spiro atoms. The summed E-state index contributed by atoms with van der Waals surface area (Å²) in [6.45, 7) is 1.62. The highest BCUT2D eigenvalue weighted by Crippen LogP contribution is 2.35. The van der Waals surface area contributed by atoms with Crippen molar-refractivity contribution in [3.63, 3.8) is 0 Å². The normalized spacial score (nSPS) is 24.4. The molecule has 1 unspecified atom stereocenters. The summed E-state index contributed by atoms with van der Waals surface area (Å²) in [5.41, 5.74) is 6.74. The van der Waals surface area contributed by atoms with Gasteiger partial charge in [0.25, 0.3) is 11.8 Å². The van der Waals surface area contributed by atoms with Gasteiger partial charge in [-0.1, -0.05) is 6.07 Å². The minimum Gasteiger partial charge on any atom is -0.497 e. The Morgan fingerprint density at radius 2 is 1.66 bits per heavy atom. The summed E-state index contributed by atoms with van der Waals surface area (Å²) in [7, 11) is 1.55. The van der Waals surface area contributed by atoms with Crippen molar-refractivity contribution in [3.8, 4) is 5.75 Å². The lowest BCUT2D eigenvalue weighted by molar-refractivity contribution is -0.127. The van der Waals surface area contributed by atoms with Crippen LogP contribution in [0.3, 0.4) is 0 Å². The lowest BCUT2D eigenvalue weighted by atomic mass is 9.82. The number of rotatable bonds is 9. The third kappa shape index (κ3) is 6.89. The van der Waals surface area contributed by atoms with Gasteiger partial charge in [0, 0.05) is 36.3 Å². The molecule has 3 N–H and O–H groups in total. The highest BCUT2D eigenvalue weighted by Gasteiger charge is 2.44. The number of methoxy groups -OCH3 is 1. The largest absolute Gasteiger partial charge is 0.497 e. The van der Waals surface area contributed by atoms with E-state index in [1.807, 2.05) is 4.90 Å². The predicted molar refractivity (Wildman–Crippen MR) is 154 cm³/mol. The fourth-order valence-corrected chi connectivity index (χ4v) is 6.37. The molecule has 2 aromatic rings. The number of carbonyl (C=O) groups is 3. The van der Waals surface area contributed by atoms with Gasteiger partial charge >= 0.3 is 0 Å². The van der Waals surface area contributed by atoms with Crippen molar-refractivity contribution in [1.29, 1.82) is 0 Å². The van der Waals surface area contributed by atoms with E-state index in [0.29, 0.717) is 61.2 Å². The third-order valence-electron chi connectivity index (χ3n) is 8.98. The maximum Gasteiger partial charge on any atom is 0.254 e. The number of nitrogens with zero attached hydrogens (tertiary/aromatic N) is 2. The molecule has 2 atom stereocenters. The molecule has 5 rings (SSSR count). The van der Waals surface area contributed by atoms with Gasteiger partial charge < -0.3 is 25.6 Å². The topological polar surface area (TPSA) is 105 Å². The summed E-state index contributed by atoms with van der Waals surface area (Å²) in [6.07, 6.45) is 6.93. The van der Waals surface area contributed by atoms with Crippen LogP contribution in [0.2, 0.25) is 0 Å². The first-order valence-electron chi connectivity index (χ1n) is 14.9. The predicted octanol–water partition coefficient (Wildman–Crippen LogP) is 3.99. The van der Waals surface area contributed by atoms with Crippen LogP contribution >= 0.6 is 0 Å². The summed E-state index contributed by atoms with van der Waals surface area (Å²) < 4.78 is 18.9. The average Bonchev–Trinajstić information content (AvgIpc) is 3.85. The second kappa shape index (κ2) is 13.0. The smallest absolute Gasteiger partial charge is 0.254 e. The Bertz CT molecular complexity index is 1230. The second-order valence-electron chi connectivity index (χ2n) is 11.7. The zero-order valence-electron chi connectivity index (χ0n) is 23.8. The molecule has 3 amide bonds. The van der Waals surface area contributed by atoms with Crippen LogP contribution in [0.4, 0.5) is 4.39 Å². The van der Waals surface area contributed by atoms with Crippen LogP contribution in [0.1, 0.15) is 72.1 Å². The van der Waals surface area contributed by atoms with Crippen LogP contribution in [0, 0.1) is 17.7 Å². The van der Waals surface area contributed by atoms with E-state index in [1.54, 1.807) is 36.3 Å². The molecular weight excluding hydrogens is 523 g/mol. The van der Waals surface area contributed by atoms with E-state index < -0.39 is 11.9 Å². The Morgan fingerprint density at radius 3 is 2.32 bits per heavy atom. The number of piperidine rings is 1. The molecule has 0 radical (unpaired) electrons. The number of likely N-dealkylation sites (tertiary alicyclic amines) is 1. The van der Waals surface area contributed by atoms with Crippen molar-refractivity contribution in [2.75, 3.05) is 26.7 Å². The van der Waals surface area contributed by atoms with Crippen molar-refractivity contribution in [3.05, 3.63) is 65.5 Å². The quantitative estimate of drug-likeness (QED) is 0.479. The zero-order valence-corrected chi connectivity index (χ0v) is 23.8. The number of hydrogen-bond acceptors (Lipinski definition) is 5. The van der Waals surface area contributed by atoms with Crippen molar-refractivity contribution in [2.45, 2.75) is 69.5 Å². The molecular formula is C32H41FN4O4. The Balaban J connectivity index is 1.34. The number of hydrogen-bond donors (Lipinski definition) is 2. The molecule has 1 heterocycles. The molecule has 0 aromatic heterocycles. The fraction of sp³-hybridized carbons (Fsp3) is 0.531. The van der Waals surface area contributed by atoms with Crippen LogP contribution in [0.15, 0.2) is 48.5 Å². The van der Waals surface area contributed by atoms with Gasteiger partial charge in [-0.3, -0.25) is 14.4 Å². The first kappa shape index (κ1) is 29.0. The molecule has 2 saturated carbocycles. The molecule has 8 nitrogen and oxygen atoms in total.